The first kappa shape index (κ1) is 13.1. The highest BCUT2D eigenvalue weighted by atomic mass is 32.1. The van der Waals surface area contributed by atoms with Crippen molar-refractivity contribution in [2.45, 2.75) is 0 Å². The Balaban J connectivity index is 1.76. The molecule has 3 aromatic rings. The monoisotopic (exact) mass is 312 g/mol. The zero-order chi connectivity index (χ0) is 15.1. The third kappa shape index (κ3) is 2.08. The number of nitrogens with one attached hydrogen (secondary N) is 1. The van der Waals surface area contributed by atoms with Crippen LogP contribution in [-0.2, 0) is 0 Å². The molecule has 22 heavy (non-hydrogen) atoms. The summed E-state index contributed by atoms with van der Waals surface area (Å²) in [5, 5.41) is 0. The molecule has 1 aliphatic rings. The number of ether oxygens (including phenoxy) is 1. The fourth-order valence-corrected chi connectivity index (χ4v) is 2.81. The molecular formula is C16H12N2O3S. The van der Waals surface area contributed by atoms with Gasteiger partial charge in [0.25, 0.3) is 10.7 Å². The lowest BCUT2D eigenvalue weighted by Crippen LogP contribution is -2.37. The number of H-pyrrole nitrogens is 1. The van der Waals surface area contributed by atoms with Gasteiger partial charge in [-0.3, -0.25) is 4.79 Å². The van der Waals surface area contributed by atoms with Crippen molar-refractivity contribution in [2.75, 3.05) is 18.1 Å². The van der Waals surface area contributed by atoms with Gasteiger partial charge in [0.1, 0.15) is 12.4 Å². The van der Waals surface area contributed by atoms with Crippen molar-refractivity contribution < 1.29 is 13.9 Å². The number of oxazole rings is 1. The molecule has 5 nitrogen and oxygen atoms in total. The number of hydrogen-bond donors (Lipinski definition) is 1. The molecule has 2 aromatic carbocycles. The van der Waals surface area contributed by atoms with Crippen molar-refractivity contribution >= 4 is 34.9 Å². The second-order valence-electron chi connectivity index (χ2n) is 5.00. The lowest BCUT2D eigenvalue weighted by Gasteiger charge is -2.29. The molecule has 1 aromatic heterocycles. The number of hydrogen-bond acceptors (Lipinski definition) is 4. The number of fused-ring (bicyclic) bond motifs is 2. The van der Waals surface area contributed by atoms with Gasteiger partial charge in [0.2, 0.25) is 0 Å². The third-order valence-corrected chi connectivity index (χ3v) is 3.83. The number of rotatable bonds is 1. The third-order valence-electron chi connectivity index (χ3n) is 3.64. The molecule has 0 atom stereocenters. The van der Waals surface area contributed by atoms with Crippen LogP contribution < -0.4 is 9.64 Å². The number of aromatic nitrogens is 1. The Kier molecular flexibility index (Phi) is 2.97. The first-order chi connectivity index (χ1) is 10.7. The van der Waals surface area contributed by atoms with Gasteiger partial charge in [-0.15, -0.1) is 0 Å². The zero-order valence-electron chi connectivity index (χ0n) is 11.5. The van der Waals surface area contributed by atoms with Crippen LogP contribution >= 0.6 is 12.2 Å². The Morgan fingerprint density at radius 1 is 1.23 bits per heavy atom. The van der Waals surface area contributed by atoms with Crippen LogP contribution in [0.4, 0.5) is 5.69 Å². The smallest absolute Gasteiger partial charge is 0.266 e. The first-order valence-electron chi connectivity index (χ1n) is 6.89. The Bertz CT molecular complexity index is 928. The zero-order valence-corrected chi connectivity index (χ0v) is 12.4. The van der Waals surface area contributed by atoms with Crippen LogP contribution in [0.25, 0.3) is 11.1 Å². The Morgan fingerprint density at radius 2 is 2.09 bits per heavy atom. The number of anilines is 1. The Morgan fingerprint density at radius 3 is 3.00 bits per heavy atom. The average Bonchev–Trinajstić information content (AvgIpc) is 2.92. The number of amides is 1. The standard InChI is InChI=1S/C16H12N2O3S/c19-15(10-5-6-11-14(9-10)21-16(22)17-11)18-7-8-20-13-4-2-1-3-12(13)18/h1-6,9H,7-8H2,(H,17,22). The lowest BCUT2D eigenvalue weighted by atomic mass is 10.1. The molecule has 110 valence electrons. The van der Waals surface area contributed by atoms with E-state index in [2.05, 4.69) is 4.98 Å². The molecule has 6 heteroatoms. The summed E-state index contributed by atoms with van der Waals surface area (Å²) < 4.78 is 11.0. The summed E-state index contributed by atoms with van der Waals surface area (Å²) in [6, 6.07) is 12.8. The van der Waals surface area contributed by atoms with Crippen LogP contribution in [0.1, 0.15) is 10.4 Å². The van der Waals surface area contributed by atoms with Crippen LogP contribution in [0.15, 0.2) is 46.9 Å². The van der Waals surface area contributed by atoms with Gasteiger partial charge < -0.3 is 19.0 Å². The predicted molar refractivity (Wildman–Crippen MR) is 85.0 cm³/mol. The number of carbonyl (C=O) groups excluding carboxylic acids is 1. The van der Waals surface area contributed by atoms with E-state index in [9.17, 15) is 4.79 Å². The SMILES string of the molecule is O=C(c1ccc2[nH]c(=S)oc2c1)N1CCOc2ccccc21. The minimum Gasteiger partial charge on any atom is -0.490 e. The van der Waals surface area contributed by atoms with E-state index >= 15 is 0 Å². The van der Waals surface area contributed by atoms with Crippen LogP contribution in [-0.4, -0.2) is 24.0 Å². The summed E-state index contributed by atoms with van der Waals surface area (Å²) >= 11 is 4.97. The molecule has 0 bridgehead atoms. The maximum absolute atomic E-state index is 12.8. The minimum absolute atomic E-state index is 0.0834. The van der Waals surface area contributed by atoms with Crippen molar-refractivity contribution in [3.05, 3.63) is 52.9 Å². The van der Waals surface area contributed by atoms with Gasteiger partial charge in [0.15, 0.2) is 5.58 Å². The molecular weight excluding hydrogens is 300 g/mol. The predicted octanol–water partition coefficient (Wildman–Crippen LogP) is 3.53. The van der Waals surface area contributed by atoms with Crippen molar-refractivity contribution in [2.24, 2.45) is 0 Å². The first-order valence-corrected chi connectivity index (χ1v) is 7.30. The normalized spacial score (nSPS) is 13.7. The van der Waals surface area contributed by atoms with Gasteiger partial charge in [-0.2, -0.15) is 0 Å². The lowest BCUT2D eigenvalue weighted by molar-refractivity contribution is 0.0976. The molecule has 4 rings (SSSR count). The van der Waals surface area contributed by atoms with Crippen LogP contribution in [0.3, 0.4) is 0 Å². The van der Waals surface area contributed by atoms with Gasteiger partial charge >= 0.3 is 0 Å². The molecule has 0 unspecified atom stereocenters. The van der Waals surface area contributed by atoms with Crippen molar-refractivity contribution in [3.8, 4) is 5.75 Å². The molecule has 0 saturated heterocycles. The van der Waals surface area contributed by atoms with Gasteiger partial charge in [-0.1, -0.05) is 12.1 Å². The summed E-state index contributed by atoms with van der Waals surface area (Å²) in [6.07, 6.45) is 0. The topological polar surface area (TPSA) is 58.5 Å². The van der Waals surface area contributed by atoms with Gasteiger partial charge in [-0.05, 0) is 42.5 Å². The second-order valence-corrected chi connectivity index (χ2v) is 5.37. The molecule has 0 saturated carbocycles. The van der Waals surface area contributed by atoms with E-state index in [0.717, 1.165) is 17.0 Å². The number of benzene rings is 2. The second kappa shape index (κ2) is 4.99. The van der Waals surface area contributed by atoms with Crippen molar-refractivity contribution in [1.82, 2.24) is 4.98 Å². The molecule has 0 aliphatic carbocycles. The van der Waals surface area contributed by atoms with E-state index in [1.54, 1.807) is 23.1 Å². The van der Waals surface area contributed by atoms with E-state index in [0.29, 0.717) is 29.1 Å². The maximum atomic E-state index is 12.8. The summed E-state index contributed by atoms with van der Waals surface area (Å²) in [4.78, 5) is 17.8. The fraction of sp³-hybridized carbons (Fsp3) is 0.125. The summed E-state index contributed by atoms with van der Waals surface area (Å²) in [5.74, 6) is 0.641. The van der Waals surface area contributed by atoms with Gasteiger partial charge in [0.05, 0.1) is 17.7 Å². The fourth-order valence-electron chi connectivity index (χ4n) is 2.61. The quantitative estimate of drug-likeness (QED) is 0.698. The van der Waals surface area contributed by atoms with E-state index < -0.39 is 0 Å². The molecule has 0 spiro atoms. The average molecular weight is 312 g/mol. The Hall–Kier alpha value is -2.60. The van der Waals surface area contributed by atoms with Crippen LogP contribution in [0.5, 0.6) is 5.75 Å². The number of para-hydroxylation sites is 2. The summed E-state index contributed by atoms with van der Waals surface area (Å²) in [6.45, 7) is 1.00. The number of carbonyl (C=O) groups is 1. The minimum atomic E-state index is -0.0834. The highest BCUT2D eigenvalue weighted by Gasteiger charge is 2.24. The van der Waals surface area contributed by atoms with Crippen molar-refractivity contribution in [3.63, 3.8) is 0 Å². The van der Waals surface area contributed by atoms with E-state index in [1.807, 2.05) is 24.3 Å². The number of aromatic amines is 1. The maximum Gasteiger partial charge on any atom is 0.266 e. The largest absolute Gasteiger partial charge is 0.490 e. The highest BCUT2D eigenvalue weighted by molar-refractivity contribution is 7.71. The van der Waals surface area contributed by atoms with E-state index in [-0.39, 0.29) is 5.91 Å². The van der Waals surface area contributed by atoms with E-state index in [4.69, 9.17) is 21.4 Å². The molecule has 2 heterocycles. The van der Waals surface area contributed by atoms with Gasteiger partial charge in [0, 0.05) is 5.56 Å². The van der Waals surface area contributed by atoms with Crippen molar-refractivity contribution in [1.29, 1.82) is 0 Å². The highest BCUT2D eigenvalue weighted by Crippen LogP contribution is 2.32. The summed E-state index contributed by atoms with van der Waals surface area (Å²) in [5.41, 5.74) is 2.71. The summed E-state index contributed by atoms with van der Waals surface area (Å²) in [7, 11) is 0. The Labute approximate surface area is 131 Å². The molecule has 1 N–H and O–H groups in total. The number of nitrogens with zero attached hydrogens (tertiary/aromatic N) is 1. The van der Waals surface area contributed by atoms with Crippen LogP contribution in [0, 0.1) is 4.84 Å². The molecule has 0 fully saturated rings. The van der Waals surface area contributed by atoms with Gasteiger partial charge in [-0.25, -0.2) is 0 Å². The molecule has 1 amide bonds. The molecule has 0 radical (unpaired) electrons. The van der Waals surface area contributed by atoms with Crippen LogP contribution in [0.2, 0.25) is 0 Å². The van der Waals surface area contributed by atoms with E-state index in [1.165, 1.54) is 0 Å². The molecule has 1 aliphatic heterocycles.